The van der Waals surface area contributed by atoms with E-state index in [1.807, 2.05) is 31.3 Å². The number of aryl methyl sites for hydroxylation is 1. The number of phenolic OH excluding ortho intramolecular Hbond substituents is 1. The van der Waals surface area contributed by atoms with Crippen molar-refractivity contribution in [1.82, 2.24) is 0 Å². The van der Waals surface area contributed by atoms with Gasteiger partial charge in [0, 0.05) is 11.8 Å². The zero-order valence-electron chi connectivity index (χ0n) is 12.9. The molecule has 1 aromatic rings. The molecular formula is C17H23Cl2NOZr. The molecule has 0 saturated heterocycles. The molecule has 2 nitrogen and oxygen atoms in total. The number of fused-ring (bicyclic) bond motifs is 1. The summed E-state index contributed by atoms with van der Waals surface area (Å²) in [4.78, 5) is 4.79. The first-order chi connectivity index (χ1) is 10.7. The van der Waals surface area contributed by atoms with Crippen LogP contribution in [0.1, 0.15) is 49.7 Å². The molecule has 1 N–H and O–H groups in total. The Balaban J connectivity index is 0.000000545. The van der Waals surface area contributed by atoms with Gasteiger partial charge in [0.05, 0.1) is 6.04 Å². The Morgan fingerprint density at radius 3 is 2.68 bits per heavy atom. The number of rotatable bonds is 2. The minimum absolute atomic E-state index is 0.379. The van der Waals surface area contributed by atoms with E-state index in [1.165, 1.54) is 38.5 Å². The van der Waals surface area contributed by atoms with Crippen LogP contribution in [0.2, 0.25) is 0 Å². The summed E-state index contributed by atoms with van der Waals surface area (Å²) in [5.41, 5.74) is 1.78. The Kier molecular flexibility index (Phi) is 7.94. The molecule has 2 aliphatic rings. The fourth-order valence-electron chi connectivity index (χ4n) is 3.85. The van der Waals surface area contributed by atoms with Crippen molar-refractivity contribution in [2.24, 2.45) is 16.8 Å². The maximum absolute atomic E-state index is 10.0. The monoisotopic (exact) mass is 417 g/mol. The van der Waals surface area contributed by atoms with Crippen LogP contribution in [0, 0.1) is 18.8 Å². The first-order valence-electron chi connectivity index (χ1n) is 7.95. The summed E-state index contributed by atoms with van der Waals surface area (Å²) < 4.78 is 0. The van der Waals surface area contributed by atoms with Crippen LogP contribution >= 0.6 is 17.0 Å². The molecule has 5 heteroatoms. The molecular weight excluding hydrogens is 396 g/mol. The van der Waals surface area contributed by atoms with E-state index in [0.29, 0.717) is 11.8 Å². The second-order valence-electron chi connectivity index (χ2n) is 6.22. The van der Waals surface area contributed by atoms with Crippen molar-refractivity contribution in [3.05, 3.63) is 29.3 Å². The number of hydrogen-bond acceptors (Lipinski definition) is 2. The van der Waals surface area contributed by atoms with Crippen LogP contribution in [0.3, 0.4) is 0 Å². The molecule has 2 fully saturated rings. The Morgan fingerprint density at radius 2 is 1.91 bits per heavy atom. The number of nitrogens with zero attached hydrogens (tertiary/aromatic N) is 1. The van der Waals surface area contributed by atoms with E-state index in [0.717, 1.165) is 23.0 Å². The second kappa shape index (κ2) is 9.45. The zero-order chi connectivity index (χ0) is 15.9. The molecule has 0 radical (unpaired) electrons. The predicted octanol–water partition coefficient (Wildman–Crippen LogP) is 5.46. The predicted molar refractivity (Wildman–Crippen MR) is 90.6 cm³/mol. The van der Waals surface area contributed by atoms with Gasteiger partial charge < -0.3 is 5.11 Å². The average molecular weight is 420 g/mol. The summed E-state index contributed by atoms with van der Waals surface area (Å²) in [7, 11) is 9.87. The van der Waals surface area contributed by atoms with Gasteiger partial charge in [-0.05, 0) is 49.7 Å². The fourth-order valence-corrected chi connectivity index (χ4v) is 3.85. The first kappa shape index (κ1) is 18.5. The Labute approximate surface area is 152 Å². The number of hydrogen-bond donors (Lipinski definition) is 1. The Morgan fingerprint density at radius 1 is 1.18 bits per heavy atom. The average Bonchev–Trinajstić information content (AvgIpc) is 2.93. The summed E-state index contributed by atoms with van der Waals surface area (Å²) in [5.74, 6) is 2.10. The number of halogens is 2. The van der Waals surface area contributed by atoms with Crippen molar-refractivity contribution in [3.63, 3.8) is 0 Å². The van der Waals surface area contributed by atoms with Gasteiger partial charge in [-0.15, -0.1) is 0 Å². The number of phenols is 1. The van der Waals surface area contributed by atoms with E-state index >= 15 is 0 Å². The van der Waals surface area contributed by atoms with E-state index in [-0.39, 0.29) is 0 Å². The van der Waals surface area contributed by atoms with E-state index < -0.39 is 20.8 Å². The first-order valence-corrected chi connectivity index (χ1v) is 14.3. The molecule has 1 aromatic carbocycles. The van der Waals surface area contributed by atoms with Gasteiger partial charge in [0.25, 0.3) is 0 Å². The molecule has 2 saturated carbocycles. The fraction of sp³-hybridized carbons (Fsp3) is 0.588. The normalized spacial score (nSPS) is 27.1. The molecule has 0 spiro atoms. The van der Waals surface area contributed by atoms with Crippen molar-refractivity contribution >= 4 is 23.2 Å². The maximum atomic E-state index is 10.0. The van der Waals surface area contributed by atoms with E-state index in [9.17, 15) is 5.11 Å². The molecule has 3 atom stereocenters. The van der Waals surface area contributed by atoms with Crippen molar-refractivity contribution in [3.8, 4) is 5.75 Å². The van der Waals surface area contributed by atoms with Crippen LogP contribution < -0.4 is 0 Å². The molecule has 0 aromatic heterocycles. The molecule has 120 valence electrons. The van der Waals surface area contributed by atoms with Crippen molar-refractivity contribution in [2.45, 2.75) is 51.5 Å². The number of aliphatic imine (C=N–C) groups is 1. The van der Waals surface area contributed by atoms with Gasteiger partial charge in [0.1, 0.15) is 5.75 Å². The molecule has 0 amide bonds. The molecule has 3 unspecified atom stereocenters. The second-order valence-corrected chi connectivity index (χ2v) is 9.95. The van der Waals surface area contributed by atoms with E-state index in [2.05, 4.69) is 0 Å². The third-order valence-corrected chi connectivity index (χ3v) is 4.97. The Bertz CT molecular complexity index is 509. The number of aromatic hydroxyl groups is 1. The van der Waals surface area contributed by atoms with Crippen LogP contribution in [0.15, 0.2) is 23.2 Å². The van der Waals surface area contributed by atoms with E-state index in [1.54, 1.807) is 0 Å². The zero-order valence-corrected chi connectivity index (χ0v) is 16.9. The van der Waals surface area contributed by atoms with Crippen molar-refractivity contribution in [2.75, 3.05) is 0 Å². The quantitative estimate of drug-likeness (QED) is 0.634. The molecule has 22 heavy (non-hydrogen) atoms. The number of benzene rings is 1. The molecule has 0 bridgehead atoms. The topological polar surface area (TPSA) is 32.6 Å². The third kappa shape index (κ3) is 4.82. The minimum atomic E-state index is -0.826. The molecule has 2 aliphatic carbocycles. The van der Waals surface area contributed by atoms with Gasteiger partial charge in [-0.1, -0.05) is 31.4 Å². The summed E-state index contributed by atoms with van der Waals surface area (Å²) in [6, 6.07) is 6.35. The Hall–Kier alpha value is 0.153. The summed E-state index contributed by atoms with van der Waals surface area (Å²) >= 11 is -0.826. The van der Waals surface area contributed by atoms with Gasteiger partial charge in [-0.25, -0.2) is 0 Å². The van der Waals surface area contributed by atoms with Gasteiger partial charge in [0.15, 0.2) is 0 Å². The van der Waals surface area contributed by atoms with Gasteiger partial charge in [0.2, 0.25) is 0 Å². The van der Waals surface area contributed by atoms with Crippen LogP contribution in [0.4, 0.5) is 0 Å². The van der Waals surface area contributed by atoms with Crippen molar-refractivity contribution < 1.29 is 26.0 Å². The summed E-state index contributed by atoms with van der Waals surface area (Å²) in [5, 5.41) is 10.0. The van der Waals surface area contributed by atoms with Gasteiger partial charge in [-0.3, -0.25) is 4.99 Å². The van der Waals surface area contributed by atoms with E-state index in [4.69, 9.17) is 22.0 Å². The van der Waals surface area contributed by atoms with Crippen molar-refractivity contribution in [1.29, 1.82) is 0 Å². The van der Waals surface area contributed by atoms with Crippen LogP contribution in [0.5, 0.6) is 5.75 Å². The SMILES string of the molecule is Cc1cccc(C=NC2CCC3CCCCC32)c1O.[Cl][Zr][Cl]. The summed E-state index contributed by atoms with van der Waals surface area (Å²) in [6.07, 6.45) is 10.0. The number of para-hydroxylation sites is 1. The molecule has 3 rings (SSSR count). The van der Waals surface area contributed by atoms with Crippen LogP contribution in [-0.2, 0) is 20.8 Å². The standard InChI is InChI=1S/C17H23NO.2ClH.Zr/c1-12-5-4-7-14(17(12)19)11-18-16-10-9-13-6-2-3-8-15(13)16;;;/h4-5,7,11,13,15-16,19H,2-3,6,8-10H2,1H3;2*1H;/q;;;+2/p-2. The summed E-state index contributed by atoms with van der Waals surface area (Å²) in [6.45, 7) is 1.93. The third-order valence-electron chi connectivity index (χ3n) is 4.97. The van der Waals surface area contributed by atoms with Gasteiger partial charge in [-0.2, -0.15) is 0 Å². The van der Waals surface area contributed by atoms with Crippen LogP contribution in [-0.4, -0.2) is 17.4 Å². The molecule has 0 heterocycles. The molecule has 0 aliphatic heterocycles. The van der Waals surface area contributed by atoms with Crippen LogP contribution in [0.25, 0.3) is 0 Å². The van der Waals surface area contributed by atoms with Gasteiger partial charge >= 0.3 is 37.9 Å².